The molecule has 0 radical (unpaired) electrons. The summed E-state index contributed by atoms with van der Waals surface area (Å²) < 4.78 is 12.9. The second kappa shape index (κ2) is 15.8. The molecule has 1 fully saturated rings. The number of nitrogens with zero attached hydrogens (tertiary/aromatic N) is 1. The highest BCUT2D eigenvalue weighted by atomic mass is 35.5. The van der Waals surface area contributed by atoms with Crippen LogP contribution in [-0.4, -0.2) is 36.9 Å². The Kier molecular flexibility index (Phi) is 12.9. The number of carbonyl (C=O) groups excluding carboxylic acids is 2. The topological polar surface area (TPSA) is 49.4 Å². The van der Waals surface area contributed by atoms with E-state index in [-0.39, 0.29) is 17.1 Å². The quantitative estimate of drug-likeness (QED) is 0.213. The first-order valence-corrected chi connectivity index (χ1v) is 13.0. The van der Waals surface area contributed by atoms with Crippen molar-refractivity contribution in [2.75, 3.05) is 19.6 Å². The lowest BCUT2D eigenvalue weighted by atomic mass is 9.74. The van der Waals surface area contributed by atoms with Crippen molar-refractivity contribution in [3.63, 3.8) is 0 Å². The van der Waals surface area contributed by atoms with Crippen LogP contribution in [0.5, 0.6) is 0 Å². The van der Waals surface area contributed by atoms with Crippen molar-refractivity contribution in [3.05, 3.63) is 107 Å². The molecule has 0 spiro atoms. The zero-order valence-corrected chi connectivity index (χ0v) is 22.6. The van der Waals surface area contributed by atoms with E-state index in [4.69, 9.17) is 11.6 Å². The molecule has 2 aromatic carbocycles. The Morgan fingerprint density at radius 2 is 1.76 bits per heavy atom. The van der Waals surface area contributed by atoms with Gasteiger partial charge in [-0.15, -0.1) is 0 Å². The Hall–Kier alpha value is -3.18. The molecule has 1 aliphatic rings. The number of rotatable bonds is 10. The molecule has 0 atom stereocenters. The van der Waals surface area contributed by atoms with E-state index < -0.39 is 0 Å². The van der Waals surface area contributed by atoms with Crippen LogP contribution in [-0.2, 0) is 21.4 Å². The van der Waals surface area contributed by atoms with Gasteiger partial charge in [0.2, 0.25) is 12.3 Å². The maximum Gasteiger partial charge on any atom is 0.222 e. The molecule has 4 nitrogen and oxygen atoms in total. The van der Waals surface area contributed by atoms with Gasteiger partial charge in [-0.3, -0.25) is 9.59 Å². The number of piperidine rings is 1. The first-order valence-electron chi connectivity index (χ1n) is 12.7. The van der Waals surface area contributed by atoms with Crippen LogP contribution >= 0.6 is 11.6 Å². The standard InChI is InChI=1S/C21H24FNO.C10H14ClNO/c1-21(18-5-3-2-4-6-18)13-15-23(16-14-21)20(24)12-9-17-7-10-19(22)11-8-17;1-3-10(11)6-4-5-9(2)7-12-8-13/h2-8,10-11H,9,12-16H2,1H3;3,5-6,8H,1,4,7H2,2H3,(H,12,13)/b;9-5+,10-6?. The summed E-state index contributed by atoms with van der Waals surface area (Å²) in [6.07, 6.45) is 10.1. The summed E-state index contributed by atoms with van der Waals surface area (Å²) in [5.41, 5.74) is 3.64. The zero-order valence-electron chi connectivity index (χ0n) is 21.9. The highest BCUT2D eigenvalue weighted by Gasteiger charge is 2.32. The van der Waals surface area contributed by atoms with E-state index in [9.17, 15) is 14.0 Å². The molecule has 1 saturated heterocycles. The van der Waals surface area contributed by atoms with E-state index in [1.165, 1.54) is 17.7 Å². The lowest BCUT2D eigenvalue weighted by molar-refractivity contribution is -0.132. The number of amides is 2. The minimum atomic E-state index is -0.235. The normalized spacial score (nSPS) is 15.3. The van der Waals surface area contributed by atoms with Crippen LogP contribution in [0.4, 0.5) is 4.39 Å². The van der Waals surface area contributed by atoms with Gasteiger partial charge in [-0.05, 0) is 61.3 Å². The fourth-order valence-electron chi connectivity index (χ4n) is 4.17. The van der Waals surface area contributed by atoms with Gasteiger partial charge in [0.05, 0.1) is 0 Å². The first-order chi connectivity index (χ1) is 17.8. The molecule has 1 heterocycles. The summed E-state index contributed by atoms with van der Waals surface area (Å²) in [4.78, 5) is 24.4. The zero-order chi connectivity index (χ0) is 27.1. The van der Waals surface area contributed by atoms with E-state index in [0.717, 1.165) is 43.5 Å². The molecule has 0 aliphatic carbocycles. The minimum Gasteiger partial charge on any atom is -0.355 e. The molecular weight excluding hydrogens is 487 g/mol. The Labute approximate surface area is 225 Å². The van der Waals surface area contributed by atoms with Crippen LogP contribution in [0.3, 0.4) is 0 Å². The van der Waals surface area contributed by atoms with Crippen molar-refractivity contribution in [3.8, 4) is 0 Å². The third-order valence-corrected chi connectivity index (χ3v) is 6.98. The van der Waals surface area contributed by atoms with E-state index in [0.29, 0.717) is 30.8 Å². The number of allylic oxidation sites excluding steroid dienone is 4. The second-order valence-corrected chi connectivity index (χ2v) is 9.95. The molecule has 37 heavy (non-hydrogen) atoms. The van der Waals surface area contributed by atoms with Crippen LogP contribution in [0.1, 0.15) is 50.7 Å². The van der Waals surface area contributed by atoms with Crippen LogP contribution in [0, 0.1) is 5.82 Å². The third-order valence-electron chi connectivity index (χ3n) is 6.67. The largest absolute Gasteiger partial charge is 0.355 e. The van der Waals surface area contributed by atoms with Crippen molar-refractivity contribution in [2.45, 2.75) is 51.4 Å². The van der Waals surface area contributed by atoms with Crippen LogP contribution < -0.4 is 5.32 Å². The molecule has 0 unspecified atom stereocenters. The summed E-state index contributed by atoms with van der Waals surface area (Å²) in [6, 6.07) is 17.0. The summed E-state index contributed by atoms with van der Waals surface area (Å²) in [5, 5.41) is 3.22. The van der Waals surface area contributed by atoms with E-state index in [2.05, 4.69) is 43.1 Å². The van der Waals surface area contributed by atoms with E-state index in [1.807, 2.05) is 30.0 Å². The van der Waals surface area contributed by atoms with Crippen molar-refractivity contribution in [2.24, 2.45) is 0 Å². The lowest BCUT2D eigenvalue weighted by Crippen LogP contribution is -2.44. The fourth-order valence-corrected chi connectivity index (χ4v) is 4.26. The van der Waals surface area contributed by atoms with E-state index >= 15 is 0 Å². The second-order valence-electron chi connectivity index (χ2n) is 9.51. The molecule has 0 aromatic heterocycles. The van der Waals surface area contributed by atoms with Crippen LogP contribution in [0.15, 0.2) is 90.0 Å². The predicted molar refractivity (Wildman–Crippen MR) is 151 cm³/mol. The first kappa shape index (κ1) is 30.0. The molecule has 2 amide bonds. The van der Waals surface area contributed by atoms with Crippen molar-refractivity contribution >= 4 is 23.9 Å². The number of carbonyl (C=O) groups is 2. The van der Waals surface area contributed by atoms with Gasteiger partial charge in [0, 0.05) is 31.1 Å². The minimum absolute atomic E-state index is 0.162. The summed E-state index contributed by atoms with van der Waals surface area (Å²) in [6.45, 7) is 9.99. The van der Waals surface area contributed by atoms with E-state index in [1.54, 1.807) is 18.2 Å². The van der Waals surface area contributed by atoms with Gasteiger partial charge in [0.1, 0.15) is 5.82 Å². The molecule has 0 saturated carbocycles. The Morgan fingerprint density at radius 1 is 1.11 bits per heavy atom. The predicted octanol–water partition coefficient (Wildman–Crippen LogP) is 6.72. The molecule has 2 aromatic rings. The maximum atomic E-state index is 12.9. The molecule has 3 rings (SSSR count). The Morgan fingerprint density at radius 3 is 2.35 bits per heavy atom. The van der Waals surface area contributed by atoms with Crippen LogP contribution in [0.25, 0.3) is 0 Å². The summed E-state index contributed by atoms with van der Waals surface area (Å²) in [7, 11) is 0. The number of nitrogens with one attached hydrogen (secondary N) is 1. The highest BCUT2D eigenvalue weighted by molar-refractivity contribution is 6.31. The average molecular weight is 525 g/mol. The number of aryl methyl sites for hydroxylation is 1. The lowest BCUT2D eigenvalue weighted by Gasteiger charge is -2.40. The molecule has 0 bridgehead atoms. The highest BCUT2D eigenvalue weighted by Crippen LogP contribution is 2.35. The number of likely N-dealkylation sites (tertiary alicyclic amines) is 1. The SMILES string of the molecule is C=CC(Cl)=CC/C=C(\C)CNC=O.CC1(c2ccccc2)CCN(C(=O)CCc2ccc(F)cc2)CC1. The van der Waals surface area contributed by atoms with Gasteiger partial charge in [-0.25, -0.2) is 4.39 Å². The molecule has 1 aliphatic heterocycles. The number of halogens is 2. The summed E-state index contributed by atoms with van der Waals surface area (Å²) >= 11 is 5.70. The number of benzene rings is 2. The van der Waals surface area contributed by atoms with Crippen LogP contribution in [0.2, 0.25) is 0 Å². The van der Waals surface area contributed by atoms with Crippen molar-refractivity contribution in [1.82, 2.24) is 10.2 Å². The van der Waals surface area contributed by atoms with Gasteiger partial charge in [0.15, 0.2) is 0 Å². The van der Waals surface area contributed by atoms with Gasteiger partial charge in [0.25, 0.3) is 0 Å². The monoisotopic (exact) mass is 524 g/mol. The van der Waals surface area contributed by atoms with Crippen molar-refractivity contribution in [1.29, 1.82) is 0 Å². The Bertz CT molecular complexity index is 1060. The average Bonchev–Trinajstić information content (AvgIpc) is 2.92. The van der Waals surface area contributed by atoms with Crippen molar-refractivity contribution < 1.29 is 14.0 Å². The maximum absolute atomic E-state index is 12.9. The van der Waals surface area contributed by atoms with Gasteiger partial charge in [-0.1, -0.05) is 91.4 Å². The molecular formula is C31H38ClFN2O2. The third kappa shape index (κ3) is 10.8. The van der Waals surface area contributed by atoms with Gasteiger partial charge >= 0.3 is 0 Å². The molecule has 6 heteroatoms. The van der Waals surface area contributed by atoms with Gasteiger partial charge in [-0.2, -0.15) is 0 Å². The smallest absolute Gasteiger partial charge is 0.222 e. The summed E-state index contributed by atoms with van der Waals surface area (Å²) in [5.74, 6) is -0.0317. The molecule has 1 N–H and O–H groups in total. The Balaban J connectivity index is 0.000000317. The number of hydrogen-bond donors (Lipinski definition) is 1. The number of hydrogen-bond acceptors (Lipinski definition) is 2. The van der Waals surface area contributed by atoms with Gasteiger partial charge < -0.3 is 10.2 Å². The molecule has 198 valence electrons. The fraction of sp³-hybridized carbons (Fsp3) is 0.355.